The molecule has 3 aromatic rings. The minimum absolute atomic E-state index is 0.0223. The Morgan fingerprint density at radius 3 is 2.16 bits per heavy atom. The second kappa shape index (κ2) is 28.1. The van der Waals surface area contributed by atoms with E-state index in [2.05, 4.69) is 44.5 Å². The molecule has 6 N–H and O–H groups in total. The molecule has 4 atom stereocenters. The molecule has 2 aromatic carbocycles. The van der Waals surface area contributed by atoms with E-state index in [9.17, 15) is 28.1 Å². The number of nitrogens with zero attached hydrogens (tertiary/aromatic N) is 5. The third kappa shape index (κ3) is 19.1. The van der Waals surface area contributed by atoms with E-state index in [1.54, 1.807) is 18.9 Å². The predicted molar refractivity (Wildman–Crippen MR) is 272 cm³/mol. The molecular weight excluding hydrogens is 977 g/mol. The number of nitrogens with one attached hydrogen (secondary N) is 2. The highest BCUT2D eigenvalue weighted by Gasteiger charge is 2.41. The van der Waals surface area contributed by atoms with Crippen LogP contribution in [0.3, 0.4) is 0 Å². The number of carbonyl (C=O) groups is 4. The molecule has 1 aromatic heterocycles. The molecule has 69 heavy (non-hydrogen) atoms. The minimum Gasteiger partial charge on any atom is -0.480 e. The Labute approximate surface area is 419 Å². The zero-order chi connectivity index (χ0) is 52.4. The lowest BCUT2D eigenvalue weighted by molar-refractivity contribution is -0.138. The number of ether oxygens (including phenoxy) is 2. The third-order valence-electron chi connectivity index (χ3n) is 9.95. The van der Waals surface area contributed by atoms with E-state index >= 15 is 0 Å². The van der Waals surface area contributed by atoms with Crippen LogP contribution in [0.1, 0.15) is 91.7 Å². The summed E-state index contributed by atoms with van der Waals surface area (Å²) >= 11 is 17.5. The van der Waals surface area contributed by atoms with Gasteiger partial charge in [-0.1, -0.05) is 42.6 Å². The first-order valence-electron chi connectivity index (χ1n) is 22.1. The Bertz CT molecular complexity index is 2360. The highest BCUT2D eigenvalue weighted by Crippen LogP contribution is 2.40. The first-order chi connectivity index (χ1) is 32.2. The van der Waals surface area contributed by atoms with Crippen molar-refractivity contribution in [2.45, 2.75) is 118 Å². The molecule has 380 valence electrons. The fourth-order valence-electron chi connectivity index (χ4n) is 6.76. The molecule has 0 radical (unpaired) electrons. The lowest BCUT2D eigenvalue weighted by Gasteiger charge is -2.31. The number of imide groups is 1. The molecule has 22 heteroatoms. The molecule has 0 fully saturated rings. The van der Waals surface area contributed by atoms with Crippen molar-refractivity contribution in [3.05, 3.63) is 68.7 Å². The number of benzene rings is 2. The highest BCUT2D eigenvalue weighted by molar-refractivity contribution is 7.57. The Balaban J connectivity index is 0.000000329. The number of rotatable bonds is 16. The van der Waals surface area contributed by atoms with Crippen molar-refractivity contribution in [3.8, 4) is 18.1 Å². The van der Waals surface area contributed by atoms with Gasteiger partial charge in [0, 0.05) is 49.2 Å². The van der Waals surface area contributed by atoms with Crippen LogP contribution in [0, 0.1) is 25.1 Å². The molecule has 17 nitrogen and oxygen atoms in total. The summed E-state index contributed by atoms with van der Waals surface area (Å²) in [5.41, 5.74) is 9.01. The molecule has 2 heterocycles. The molecule has 2 aliphatic rings. The van der Waals surface area contributed by atoms with Crippen LogP contribution in [0.4, 0.5) is 27.7 Å². The van der Waals surface area contributed by atoms with Crippen molar-refractivity contribution in [1.82, 2.24) is 15.0 Å². The van der Waals surface area contributed by atoms with Crippen LogP contribution in [-0.2, 0) is 34.9 Å². The van der Waals surface area contributed by atoms with Gasteiger partial charge in [0.05, 0.1) is 29.0 Å². The van der Waals surface area contributed by atoms with Gasteiger partial charge in [-0.2, -0.15) is 15.0 Å². The van der Waals surface area contributed by atoms with Crippen LogP contribution in [0.15, 0.2) is 41.5 Å². The lowest BCUT2D eigenvalue weighted by atomic mass is 9.93. The van der Waals surface area contributed by atoms with Gasteiger partial charge in [-0.05, 0) is 116 Å². The molecule has 3 amide bonds. The first-order valence-corrected chi connectivity index (χ1v) is 25.7. The number of methoxy groups -OCH3 is 1. The summed E-state index contributed by atoms with van der Waals surface area (Å²) in [6, 6.07) is 7.28. The van der Waals surface area contributed by atoms with Gasteiger partial charge < -0.3 is 40.7 Å². The summed E-state index contributed by atoms with van der Waals surface area (Å²) < 4.78 is 35.6. The Morgan fingerprint density at radius 2 is 1.67 bits per heavy atom. The monoisotopic (exact) mass is 1040 g/mol. The number of aryl methyl sites for hydroxylation is 2. The second-order valence-electron chi connectivity index (χ2n) is 17.1. The van der Waals surface area contributed by atoms with Crippen LogP contribution in [0.2, 0.25) is 10.3 Å². The van der Waals surface area contributed by atoms with E-state index in [4.69, 9.17) is 66.4 Å². The number of alkyl halides is 1. The van der Waals surface area contributed by atoms with Gasteiger partial charge in [-0.3, -0.25) is 23.7 Å². The number of amides is 3. The normalized spacial score (nSPS) is 15.3. The van der Waals surface area contributed by atoms with Crippen molar-refractivity contribution < 1.29 is 47.6 Å². The molecule has 4 unspecified atom stereocenters. The van der Waals surface area contributed by atoms with Crippen LogP contribution >= 0.6 is 42.2 Å². The molecule has 0 saturated carbocycles. The standard InChI is InChI=1S/C18H15ClFNO3.C15H22ClNO2.C9H16ClN5.C5H12NO4P/c1-3-10(2)24-16-9-15(14(20)8-13(16)19)21-17(22)11-6-4-5-7-12(11)18(21)23;1-5-13-8-6-7-11(2)15(13)17(14(18)9-16)12(3)10-19-4;1-5-11-7-12-6(10)13-8(14-7)15-9(2,3)4;1-11(9,10)3-2-4(6)5(7)8/h1,8-10H,4-7H2,2H3;6-8,12H,5,9-10H2,1-4H3;5H2,1-4H3,(H2,11,12,13,14,15);4H,2-3,6H2,1H3,(H,7,8)(H,9,10). The van der Waals surface area contributed by atoms with Crippen molar-refractivity contribution in [1.29, 1.82) is 0 Å². The molecule has 0 spiro atoms. The van der Waals surface area contributed by atoms with Crippen molar-refractivity contribution in [3.63, 3.8) is 0 Å². The number of nitrogens with two attached hydrogens (primary N) is 1. The van der Waals surface area contributed by atoms with Gasteiger partial charge in [-0.15, -0.1) is 18.0 Å². The number of para-hydroxylation sites is 1. The van der Waals surface area contributed by atoms with Crippen LogP contribution in [0.25, 0.3) is 0 Å². The number of carboxylic acids is 1. The number of hydrogen-bond donors (Lipinski definition) is 5. The van der Waals surface area contributed by atoms with E-state index in [-0.39, 0.29) is 57.7 Å². The fraction of sp³-hybridized carbons (Fsp3) is 0.511. The van der Waals surface area contributed by atoms with E-state index < -0.39 is 43.1 Å². The number of aliphatic carboxylic acids is 1. The van der Waals surface area contributed by atoms with Gasteiger partial charge in [0.25, 0.3) is 11.8 Å². The van der Waals surface area contributed by atoms with Gasteiger partial charge >= 0.3 is 5.97 Å². The van der Waals surface area contributed by atoms with Crippen LogP contribution < -0.4 is 30.9 Å². The Kier molecular flexibility index (Phi) is 24.5. The van der Waals surface area contributed by atoms with Gasteiger partial charge in [0.1, 0.15) is 23.5 Å². The molecule has 0 saturated heterocycles. The maximum atomic E-state index is 14.4. The van der Waals surface area contributed by atoms with E-state index in [1.807, 2.05) is 53.7 Å². The van der Waals surface area contributed by atoms with Gasteiger partial charge in [0.2, 0.25) is 23.1 Å². The number of halogens is 4. The zero-order valence-electron chi connectivity index (χ0n) is 40.8. The fourth-order valence-corrected chi connectivity index (χ4v) is 8.01. The molecular formula is C47H65Cl3FN8O9P. The van der Waals surface area contributed by atoms with Crippen molar-refractivity contribution in [2.24, 2.45) is 5.73 Å². The number of anilines is 4. The maximum absolute atomic E-state index is 14.4. The van der Waals surface area contributed by atoms with E-state index in [0.717, 1.165) is 53.6 Å². The number of terminal acetylenes is 1. The summed E-state index contributed by atoms with van der Waals surface area (Å²) in [4.78, 5) is 70.9. The molecule has 0 bridgehead atoms. The zero-order valence-corrected chi connectivity index (χ0v) is 44.0. The topological polar surface area (TPSA) is 239 Å². The summed E-state index contributed by atoms with van der Waals surface area (Å²) in [7, 11) is -1.47. The van der Waals surface area contributed by atoms with Crippen molar-refractivity contribution >= 4 is 89.1 Å². The smallest absolute Gasteiger partial charge is 0.320 e. The number of hydrogen-bond acceptors (Lipinski definition) is 13. The Hall–Kier alpha value is -4.86. The second-order valence-corrected chi connectivity index (χ2v) is 20.6. The molecule has 1 aliphatic heterocycles. The summed E-state index contributed by atoms with van der Waals surface area (Å²) in [6.45, 7) is 18.2. The van der Waals surface area contributed by atoms with E-state index in [0.29, 0.717) is 42.5 Å². The lowest BCUT2D eigenvalue weighted by Crippen LogP contribution is -2.43. The van der Waals surface area contributed by atoms with Crippen LogP contribution in [-0.4, -0.2) is 111 Å². The minimum atomic E-state index is -3.10. The number of carbonyl (C=O) groups excluding carboxylic acids is 3. The average molecular weight is 1040 g/mol. The molecule has 5 rings (SSSR count). The number of carboxylic acid groups (broad SMARTS) is 1. The third-order valence-corrected chi connectivity index (χ3v) is 11.7. The first kappa shape index (κ1) is 60.3. The van der Waals surface area contributed by atoms with Crippen LogP contribution in [0.5, 0.6) is 5.75 Å². The summed E-state index contributed by atoms with van der Waals surface area (Å²) in [6.07, 6.45) is 8.35. The Morgan fingerprint density at radius 1 is 1.07 bits per heavy atom. The number of aromatic nitrogens is 3. The van der Waals surface area contributed by atoms with Crippen molar-refractivity contribution in [2.75, 3.05) is 59.4 Å². The SMILES string of the molecule is C#CC(C)Oc1cc(N2C(=O)C3=C(CCCC3)C2=O)c(F)cc1Cl.CCNc1nc(Cl)nc(NC(C)(C)C)n1.CCc1cccc(C)c1N(C(=O)CCl)C(C)COC.CP(=O)(O)CCC(N)C(=O)O. The summed E-state index contributed by atoms with van der Waals surface area (Å²) in [5, 5.41) is 14.6. The van der Waals surface area contributed by atoms with Gasteiger partial charge in [0.15, 0.2) is 13.5 Å². The largest absolute Gasteiger partial charge is 0.480 e. The van der Waals surface area contributed by atoms with Gasteiger partial charge in [-0.25, -0.2) is 9.29 Å². The average Bonchev–Trinajstić information content (AvgIpc) is 3.52. The molecule has 1 aliphatic carbocycles. The highest BCUT2D eigenvalue weighted by atomic mass is 35.5. The summed E-state index contributed by atoms with van der Waals surface area (Å²) in [5.74, 6) is 0.532. The maximum Gasteiger partial charge on any atom is 0.320 e. The quantitative estimate of drug-likeness (QED) is 0.0390. The predicted octanol–water partition coefficient (Wildman–Crippen LogP) is 8.64. The van der Waals surface area contributed by atoms with E-state index in [1.165, 1.54) is 12.7 Å².